The molecule has 0 saturated carbocycles. The van der Waals surface area contributed by atoms with Gasteiger partial charge in [0.15, 0.2) is 5.56 Å². The summed E-state index contributed by atoms with van der Waals surface area (Å²) in [4.78, 5) is 23.5. The average Bonchev–Trinajstić information content (AvgIpc) is 2.59. The Labute approximate surface area is 152 Å². The lowest BCUT2D eigenvalue weighted by Crippen LogP contribution is -2.28. The average molecular weight is 378 g/mol. The van der Waals surface area contributed by atoms with Crippen LogP contribution in [-0.4, -0.2) is 17.1 Å². The largest absolute Gasteiger partial charge is 0.506 e. The Morgan fingerprint density at radius 3 is 2.52 bits per heavy atom. The molecule has 0 aliphatic rings. The molecule has 7 heteroatoms. The number of benzene rings is 2. The van der Waals surface area contributed by atoms with Crippen LogP contribution < -0.4 is 5.63 Å². The molecule has 1 atom stereocenters. The van der Waals surface area contributed by atoms with E-state index in [1.165, 1.54) is 6.07 Å². The predicted octanol–water partition coefficient (Wildman–Crippen LogP) is 5.30. The van der Waals surface area contributed by atoms with Crippen LogP contribution in [0.1, 0.15) is 48.5 Å². The van der Waals surface area contributed by atoms with Gasteiger partial charge >= 0.3 is 11.8 Å². The van der Waals surface area contributed by atoms with Crippen molar-refractivity contribution in [2.45, 2.75) is 38.8 Å². The third-order valence-corrected chi connectivity index (χ3v) is 4.66. The van der Waals surface area contributed by atoms with E-state index in [1.807, 2.05) is 19.9 Å². The Morgan fingerprint density at radius 2 is 1.89 bits per heavy atom. The maximum Gasteiger partial charge on any atom is 0.455 e. The molecule has 0 fully saturated rings. The van der Waals surface area contributed by atoms with Crippen LogP contribution in [0.2, 0.25) is 0 Å². The van der Waals surface area contributed by atoms with Gasteiger partial charge in [-0.2, -0.15) is 13.2 Å². The summed E-state index contributed by atoms with van der Waals surface area (Å²) in [7, 11) is 0. The summed E-state index contributed by atoms with van der Waals surface area (Å²) >= 11 is 0. The molecule has 1 heterocycles. The van der Waals surface area contributed by atoms with Crippen LogP contribution in [-0.2, 0) is 0 Å². The minimum Gasteiger partial charge on any atom is -0.506 e. The summed E-state index contributed by atoms with van der Waals surface area (Å²) in [6, 6.07) is 8.47. The third-order valence-electron chi connectivity index (χ3n) is 4.66. The van der Waals surface area contributed by atoms with E-state index in [0.29, 0.717) is 10.8 Å². The summed E-state index contributed by atoms with van der Waals surface area (Å²) in [6.07, 6.45) is -3.43. The standard InChI is InChI=1S/C20H17F3O4/c1-3-4-10(2)12-6-5-11-7-8-14-15(13(11)9-12)17(24)16(19(26)27-14)18(25)20(21,22)23/h5-10,24H,3-4H2,1-2H3. The van der Waals surface area contributed by atoms with Crippen molar-refractivity contribution in [1.82, 2.24) is 0 Å². The fourth-order valence-corrected chi connectivity index (χ4v) is 3.27. The van der Waals surface area contributed by atoms with Crippen LogP contribution in [0, 0.1) is 0 Å². The van der Waals surface area contributed by atoms with Crippen molar-refractivity contribution < 1.29 is 27.5 Å². The Kier molecular flexibility index (Phi) is 4.71. The number of halogens is 3. The minimum absolute atomic E-state index is 0.0785. The van der Waals surface area contributed by atoms with Gasteiger partial charge in [0.1, 0.15) is 11.3 Å². The topological polar surface area (TPSA) is 67.5 Å². The monoisotopic (exact) mass is 378 g/mol. The van der Waals surface area contributed by atoms with Crippen LogP contribution in [0.25, 0.3) is 21.7 Å². The van der Waals surface area contributed by atoms with Crippen LogP contribution >= 0.6 is 0 Å². The maximum atomic E-state index is 12.8. The van der Waals surface area contributed by atoms with E-state index >= 15 is 0 Å². The van der Waals surface area contributed by atoms with E-state index in [0.717, 1.165) is 18.4 Å². The molecule has 0 saturated heterocycles. The second kappa shape index (κ2) is 6.72. The lowest BCUT2D eigenvalue weighted by Gasteiger charge is -2.14. The first-order valence-electron chi connectivity index (χ1n) is 8.49. The lowest BCUT2D eigenvalue weighted by molar-refractivity contribution is -0.0888. The lowest BCUT2D eigenvalue weighted by atomic mass is 9.93. The van der Waals surface area contributed by atoms with Crippen molar-refractivity contribution in [2.24, 2.45) is 0 Å². The first-order chi connectivity index (χ1) is 12.6. The molecule has 3 aromatic rings. The molecule has 0 aliphatic heterocycles. The number of ketones is 1. The molecule has 1 unspecified atom stereocenters. The summed E-state index contributed by atoms with van der Waals surface area (Å²) in [5, 5.41) is 11.4. The number of alkyl halides is 3. The molecule has 0 radical (unpaired) electrons. The van der Waals surface area contributed by atoms with Gasteiger partial charge < -0.3 is 9.52 Å². The quantitative estimate of drug-likeness (QED) is 0.380. The second-order valence-electron chi connectivity index (χ2n) is 6.55. The van der Waals surface area contributed by atoms with Gasteiger partial charge in [-0.15, -0.1) is 0 Å². The maximum absolute atomic E-state index is 12.8. The van der Waals surface area contributed by atoms with Gasteiger partial charge in [0, 0.05) is 0 Å². The smallest absolute Gasteiger partial charge is 0.455 e. The van der Waals surface area contributed by atoms with Crippen LogP contribution in [0.3, 0.4) is 0 Å². The SMILES string of the molecule is CCCC(C)c1ccc2ccc3oc(=O)c(C(=O)C(F)(F)F)c(O)c3c2c1. The van der Waals surface area contributed by atoms with Crippen molar-refractivity contribution >= 4 is 27.5 Å². The first kappa shape index (κ1) is 18.9. The molecule has 1 aromatic heterocycles. The number of aromatic hydroxyl groups is 1. The van der Waals surface area contributed by atoms with E-state index in [2.05, 4.69) is 0 Å². The van der Waals surface area contributed by atoms with Crippen LogP contribution in [0.5, 0.6) is 5.75 Å². The van der Waals surface area contributed by atoms with E-state index in [1.54, 1.807) is 18.2 Å². The number of Topliss-reactive ketones (excluding diaryl/α,β-unsaturated/α-hetero) is 1. The highest BCUT2D eigenvalue weighted by Gasteiger charge is 2.43. The third kappa shape index (κ3) is 3.29. The Morgan fingerprint density at radius 1 is 1.22 bits per heavy atom. The summed E-state index contributed by atoms with van der Waals surface area (Å²) in [6.45, 7) is 4.07. The molecule has 0 aliphatic carbocycles. The molecule has 27 heavy (non-hydrogen) atoms. The number of hydrogen-bond acceptors (Lipinski definition) is 4. The molecule has 1 N–H and O–H groups in total. The van der Waals surface area contributed by atoms with Gasteiger partial charge in [-0.3, -0.25) is 4.79 Å². The van der Waals surface area contributed by atoms with E-state index in [-0.39, 0.29) is 16.9 Å². The molecular formula is C20H17F3O4. The highest BCUT2D eigenvalue weighted by Crippen LogP contribution is 2.37. The van der Waals surface area contributed by atoms with Gasteiger partial charge in [0.25, 0.3) is 5.78 Å². The van der Waals surface area contributed by atoms with Gasteiger partial charge in [0.05, 0.1) is 5.39 Å². The summed E-state index contributed by atoms with van der Waals surface area (Å²) < 4.78 is 43.4. The summed E-state index contributed by atoms with van der Waals surface area (Å²) in [5.74, 6) is -3.23. The van der Waals surface area contributed by atoms with Gasteiger partial charge in [0.2, 0.25) is 0 Å². The fourth-order valence-electron chi connectivity index (χ4n) is 3.27. The van der Waals surface area contributed by atoms with Gasteiger partial charge in [-0.1, -0.05) is 44.5 Å². The van der Waals surface area contributed by atoms with Gasteiger partial charge in [-0.25, -0.2) is 4.79 Å². The van der Waals surface area contributed by atoms with Gasteiger partial charge in [-0.05, 0) is 34.7 Å². The Balaban J connectivity index is 2.37. The van der Waals surface area contributed by atoms with Crippen molar-refractivity contribution in [3.63, 3.8) is 0 Å². The molecule has 3 rings (SSSR count). The summed E-state index contributed by atoms with van der Waals surface area (Å²) in [5.41, 5.74) is -2.05. The molecule has 4 nitrogen and oxygen atoms in total. The highest BCUT2D eigenvalue weighted by molar-refractivity contribution is 6.13. The zero-order valence-corrected chi connectivity index (χ0v) is 14.7. The van der Waals surface area contributed by atoms with Crippen LogP contribution in [0.4, 0.5) is 13.2 Å². The highest BCUT2D eigenvalue weighted by atomic mass is 19.4. The van der Waals surface area contributed by atoms with Crippen molar-refractivity contribution in [2.75, 3.05) is 0 Å². The second-order valence-corrected chi connectivity index (χ2v) is 6.55. The van der Waals surface area contributed by atoms with Crippen LogP contribution in [0.15, 0.2) is 39.5 Å². The Hall–Kier alpha value is -2.83. The zero-order valence-electron chi connectivity index (χ0n) is 14.7. The number of carbonyl (C=O) groups is 1. The van der Waals surface area contributed by atoms with E-state index < -0.39 is 28.9 Å². The number of hydrogen-bond donors (Lipinski definition) is 1. The fraction of sp³-hybridized carbons (Fsp3) is 0.300. The molecule has 0 bridgehead atoms. The van der Waals surface area contributed by atoms with E-state index in [4.69, 9.17) is 4.42 Å². The number of carbonyl (C=O) groups excluding carboxylic acids is 1. The Bertz CT molecular complexity index is 1100. The van der Waals surface area contributed by atoms with E-state index in [9.17, 15) is 27.9 Å². The molecular weight excluding hydrogens is 361 g/mol. The van der Waals surface area contributed by atoms with Crippen molar-refractivity contribution in [3.8, 4) is 5.75 Å². The number of fused-ring (bicyclic) bond motifs is 3. The minimum atomic E-state index is -5.30. The predicted molar refractivity (Wildman–Crippen MR) is 95.4 cm³/mol. The molecule has 0 amide bonds. The first-order valence-corrected chi connectivity index (χ1v) is 8.49. The number of rotatable bonds is 4. The molecule has 142 valence electrons. The molecule has 2 aromatic carbocycles. The zero-order chi connectivity index (χ0) is 19.9. The molecule has 0 spiro atoms. The van der Waals surface area contributed by atoms with Crippen molar-refractivity contribution in [3.05, 3.63) is 51.9 Å². The van der Waals surface area contributed by atoms with Crippen molar-refractivity contribution in [1.29, 1.82) is 0 Å². The normalized spacial score (nSPS) is 13.2.